The molecule has 3 aliphatic rings. The van der Waals surface area contributed by atoms with Gasteiger partial charge in [-0.3, -0.25) is 9.59 Å². The van der Waals surface area contributed by atoms with Crippen LogP contribution >= 0.6 is 0 Å². The molecule has 1 spiro atoms. The lowest BCUT2D eigenvalue weighted by atomic mass is 9.78. The minimum atomic E-state index is -0.875. The van der Waals surface area contributed by atoms with Crippen LogP contribution in [0.2, 0.25) is 0 Å². The molecule has 0 radical (unpaired) electrons. The van der Waals surface area contributed by atoms with Crippen molar-refractivity contribution in [3.8, 4) is 0 Å². The van der Waals surface area contributed by atoms with E-state index in [4.69, 9.17) is 4.74 Å². The van der Waals surface area contributed by atoms with Gasteiger partial charge in [0.15, 0.2) is 0 Å². The molecule has 0 bridgehead atoms. The molecule has 1 saturated heterocycles. The van der Waals surface area contributed by atoms with Gasteiger partial charge >= 0.3 is 5.97 Å². The van der Waals surface area contributed by atoms with Crippen molar-refractivity contribution >= 4 is 11.9 Å². The molecular formula is C20H25NO4. The Morgan fingerprint density at radius 1 is 1.20 bits per heavy atom. The highest BCUT2D eigenvalue weighted by Crippen LogP contribution is 2.60. The standard InChI is InChI=1S/C20H25NO4/c22-17(21-13-19(18(23)24)8-10-25-11-9-19)16-12-20(16)7-3-5-14-4-1-2-6-15(14)20/h1-2,4,6,16H,3,5,7-13H2,(H,21,22)(H,23,24). The van der Waals surface area contributed by atoms with Gasteiger partial charge in [-0.25, -0.2) is 0 Å². The maximum atomic E-state index is 12.8. The van der Waals surface area contributed by atoms with Crippen LogP contribution in [0.4, 0.5) is 0 Å². The summed E-state index contributed by atoms with van der Waals surface area (Å²) in [6.07, 6.45) is 5.08. The molecule has 5 heteroatoms. The van der Waals surface area contributed by atoms with Crippen LogP contribution in [0.15, 0.2) is 24.3 Å². The SMILES string of the molecule is O=C(NCC1(C(=O)O)CCOCC1)C1CC12CCCc1ccccc12. The fourth-order valence-corrected chi connectivity index (χ4v) is 4.78. The summed E-state index contributed by atoms with van der Waals surface area (Å²) in [5, 5.41) is 12.6. The summed E-state index contributed by atoms with van der Waals surface area (Å²) < 4.78 is 5.29. The number of fused-ring (bicyclic) bond motifs is 2. The lowest BCUT2D eigenvalue weighted by Crippen LogP contribution is -2.47. The van der Waals surface area contributed by atoms with Crippen molar-refractivity contribution < 1.29 is 19.4 Å². The number of amides is 1. The van der Waals surface area contributed by atoms with Gasteiger partial charge in [-0.2, -0.15) is 0 Å². The molecule has 0 aromatic heterocycles. The summed E-state index contributed by atoms with van der Waals surface area (Å²) >= 11 is 0. The highest BCUT2D eigenvalue weighted by molar-refractivity contribution is 5.85. The molecule has 2 unspecified atom stereocenters. The minimum absolute atomic E-state index is 0.00894. The van der Waals surface area contributed by atoms with Crippen molar-refractivity contribution in [3.63, 3.8) is 0 Å². The highest BCUT2D eigenvalue weighted by atomic mass is 16.5. The average molecular weight is 343 g/mol. The maximum absolute atomic E-state index is 12.8. The number of rotatable bonds is 4. The van der Waals surface area contributed by atoms with Crippen molar-refractivity contribution in [1.29, 1.82) is 0 Å². The van der Waals surface area contributed by atoms with Gasteiger partial charge < -0.3 is 15.2 Å². The first-order valence-electron chi connectivity index (χ1n) is 9.25. The van der Waals surface area contributed by atoms with Crippen molar-refractivity contribution in [2.45, 2.75) is 43.9 Å². The lowest BCUT2D eigenvalue weighted by Gasteiger charge is -2.33. The number of ether oxygens (including phenoxy) is 1. The number of hydrogen-bond acceptors (Lipinski definition) is 3. The van der Waals surface area contributed by atoms with Gasteiger partial charge in [-0.05, 0) is 49.7 Å². The Morgan fingerprint density at radius 2 is 1.96 bits per heavy atom. The molecule has 1 aromatic carbocycles. The average Bonchev–Trinajstić information content (AvgIpc) is 3.35. The number of carboxylic acid groups (broad SMARTS) is 1. The van der Waals surface area contributed by atoms with E-state index in [9.17, 15) is 14.7 Å². The molecule has 4 rings (SSSR count). The summed E-state index contributed by atoms with van der Waals surface area (Å²) in [5.74, 6) is -0.826. The monoisotopic (exact) mass is 343 g/mol. The van der Waals surface area contributed by atoms with E-state index < -0.39 is 11.4 Å². The molecule has 2 N–H and O–H groups in total. The molecule has 2 atom stereocenters. The molecule has 5 nitrogen and oxygen atoms in total. The first-order valence-corrected chi connectivity index (χ1v) is 9.25. The Bertz CT molecular complexity index is 695. The third-order valence-electron chi connectivity index (χ3n) is 6.52. The first kappa shape index (κ1) is 16.6. The van der Waals surface area contributed by atoms with Gasteiger partial charge in [0.05, 0.1) is 5.41 Å². The normalized spacial score (nSPS) is 29.7. The minimum Gasteiger partial charge on any atom is -0.481 e. The van der Waals surface area contributed by atoms with Crippen molar-refractivity contribution in [2.24, 2.45) is 11.3 Å². The van der Waals surface area contributed by atoms with Crippen molar-refractivity contribution in [3.05, 3.63) is 35.4 Å². The summed E-state index contributed by atoms with van der Waals surface area (Å²) in [5.41, 5.74) is 1.82. The van der Waals surface area contributed by atoms with Crippen LogP contribution in [0.25, 0.3) is 0 Å². The molecule has 134 valence electrons. The smallest absolute Gasteiger partial charge is 0.311 e. The number of carbonyl (C=O) groups is 2. The fourth-order valence-electron chi connectivity index (χ4n) is 4.78. The van der Waals surface area contributed by atoms with Crippen LogP contribution in [0.1, 0.15) is 43.2 Å². The third-order valence-corrected chi connectivity index (χ3v) is 6.52. The summed E-state index contributed by atoms with van der Waals surface area (Å²) in [6.45, 7) is 1.10. The Kier molecular flexibility index (Phi) is 4.07. The van der Waals surface area contributed by atoms with Gasteiger partial charge in [0.2, 0.25) is 5.91 Å². The number of benzene rings is 1. The van der Waals surface area contributed by atoms with E-state index in [0.717, 1.165) is 25.7 Å². The summed E-state index contributed by atoms with van der Waals surface area (Å²) in [7, 11) is 0. The number of aliphatic carboxylic acids is 1. The van der Waals surface area contributed by atoms with Gasteiger partial charge in [0, 0.05) is 31.1 Å². The second-order valence-corrected chi connectivity index (χ2v) is 7.84. The largest absolute Gasteiger partial charge is 0.481 e. The summed E-state index contributed by atoms with van der Waals surface area (Å²) in [6, 6.07) is 8.46. The zero-order chi connectivity index (χ0) is 17.5. The van der Waals surface area contributed by atoms with E-state index in [1.54, 1.807) is 0 Å². The molecule has 2 fully saturated rings. The molecule has 1 aliphatic heterocycles. The van der Waals surface area contributed by atoms with Crippen LogP contribution in [-0.2, 0) is 26.2 Å². The second kappa shape index (κ2) is 6.13. The van der Waals surface area contributed by atoms with E-state index in [2.05, 4.69) is 29.6 Å². The third kappa shape index (κ3) is 2.74. The molecule has 1 amide bonds. The fraction of sp³-hybridized carbons (Fsp3) is 0.600. The Balaban J connectivity index is 1.45. The molecule has 2 aliphatic carbocycles. The molecular weight excluding hydrogens is 318 g/mol. The molecule has 1 heterocycles. The number of carboxylic acids is 1. The van der Waals surface area contributed by atoms with E-state index >= 15 is 0 Å². The van der Waals surface area contributed by atoms with Crippen LogP contribution in [0.3, 0.4) is 0 Å². The van der Waals surface area contributed by atoms with Gasteiger partial charge in [0.25, 0.3) is 0 Å². The molecule has 25 heavy (non-hydrogen) atoms. The zero-order valence-electron chi connectivity index (χ0n) is 14.4. The number of hydrogen-bond donors (Lipinski definition) is 2. The molecule has 1 saturated carbocycles. The van der Waals surface area contributed by atoms with Crippen molar-refractivity contribution in [2.75, 3.05) is 19.8 Å². The van der Waals surface area contributed by atoms with E-state index in [1.165, 1.54) is 11.1 Å². The zero-order valence-corrected chi connectivity index (χ0v) is 14.4. The molecule has 1 aromatic rings. The topological polar surface area (TPSA) is 75.6 Å². The van der Waals surface area contributed by atoms with Gasteiger partial charge in [-0.15, -0.1) is 0 Å². The van der Waals surface area contributed by atoms with E-state index in [-0.39, 0.29) is 23.8 Å². The van der Waals surface area contributed by atoms with Crippen LogP contribution in [0, 0.1) is 11.3 Å². The van der Waals surface area contributed by atoms with Crippen LogP contribution in [-0.4, -0.2) is 36.7 Å². The number of aryl methyl sites for hydroxylation is 1. The Hall–Kier alpha value is -1.88. The van der Waals surface area contributed by atoms with Crippen LogP contribution in [0.5, 0.6) is 0 Å². The van der Waals surface area contributed by atoms with E-state index in [1.807, 2.05) is 0 Å². The second-order valence-electron chi connectivity index (χ2n) is 7.84. The quantitative estimate of drug-likeness (QED) is 0.879. The van der Waals surface area contributed by atoms with Gasteiger partial charge in [-0.1, -0.05) is 24.3 Å². The predicted octanol–water partition coefficient (Wildman–Crippen LogP) is 2.28. The highest BCUT2D eigenvalue weighted by Gasteiger charge is 2.60. The van der Waals surface area contributed by atoms with E-state index in [0.29, 0.717) is 26.1 Å². The van der Waals surface area contributed by atoms with Gasteiger partial charge in [0.1, 0.15) is 0 Å². The number of carbonyl (C=O) groups excluding carboxylic acids is 1. The summed E-state index contributed by atoms with van der Waals surface area (Å²) in [4.78, 5) is 24.5. The predicted molar refractivity (Wildman–Crippen MR) is 92.3 cm³/mol. The first-order chi connectivity index (χ1) is 12.1. The number of nitrogens with one attached hydrogen (secondary N) is 1. The Morgan fingerprint density at radius 3 is 2.72 bits per heavy atom. The Labute approximate surface area is 147 Å². The van der Waals surface area contributed by atoms with Crippen molar-refractivity contribution in [1.82, 2.24) is 5.32 Å². The lowest BCUT2D eigenvalue weighted by molar-refractivity contribution is -0.154. The van der Waals surface area contributed by atoms with Crippen LogP contribution < -0.4 is 5.32 Å². The maximum Gasteiger partial charge on any atom is 0.311 e.